The molecular formula is C13H21N3O3. The summed E-state index contributed by atoms with van der Waals surface area (Å²) in [5, 5.41) is 13.1. The Labute approximate surface area is 113 Å². The van der Waals surface area contributed by atoms with Crippen molar-refractivity contribution in [1.82, 2.24) is 14.7 Å². The van der Waals surface area contributed by atoms with E-state index in [-0.39, 0.29) is 6.42 Å². The third kappa shape index (κ3) is 4.04. The highest BCUT2D eigenvalue weighted by Gasteiger charge is 2.18. The first kappa shape index (κ1) is 14.0. The lowest BCUT2D eigenvalue weighted by atomic mass is 10.2. The summed E-state index contributed by atoms with van der Waals surface area (Å²) in [7, 11) is 1.72. The predicted molar refractivity (Wildman–Crippen MR) is 70.0 cm³/mol. The number of methoxy groups -OCH3 is 1. The van der Waals surface area contributed by atoms with Gasteiger partial charge < -0.3 is 9.84 Å². The van der Waals surface area contributed by atoms with E-state index in [0.717, 1.165) is 44.9 Å². The molecule has 6 nitrogen and oxygen atoms in total. The Morgan fingerprint density at radius 3 is 3.11 bits per heavy atom. The molecule has 1 aliphatic heterocycles. The Kier molecular flexibility index (Phi) is 4.93. The number of ether oxygens (including phenoxy) is 1. The van der Waals surface area contributed by atoms with Crippen LogP contribution >= 0.6 is 0 Å². The minimum absolute atomic E-state index is 0.147. The molecule has 0 fully saturated rings. The van der Waals surface area contributed by atoms with Crippen molar-refractivity contribution in [2.45, 2.75) is 32.4 Å². The maximum Gasteiger partial charge on any atom is 0.303 e. The molecule has 0 bridgehead atoms. The SMILES string of the molecule is COCCCN1CCn2nc(CCC(=O)O)cc2C1. The number of fused-ring (bicyclic) bond motifs is 1. The topological polar surface area (TPSA) is 67.6 Å². The van der Waals surface area contributed by atoms with Gasteiger partial charge >= 0.3 is 5.97 Å². The molecule has 0 spiro atoms. The molecule has 0 unspecified atom stereocenters. The average molecular weight is 267 g/mol. The maximum absolute atomic E-state index is 10.6. The maximum atomic E-state index is 10.6. The fourth-order valence-corrected chi connectivity index (χ4v) is 2.36. The van der Waals surface area contributed by atoms with Crippen LogP contribution in [0.3, 0.4) is 0 Å². The van der Waals surface area contributed by atoms with Gasteiger partial charge in [-0.1, -0.05) is 0 Å². The van der Waals surface area contributed by atoms with E-state index in [0.29, 0.717) is 6.42 Å². The summed E-state index contributed by atoms with van der Waals surface area (Å²) in [6.07, 6.45) is 1.70. The summed E-state index contributed by atoms with van der Waals surface area (Å²) in [6.45, 7) is 4.60. The molecule has 2 heterocycles. The van der Waals surface area contributed by atoms with Crippen molar-refractivity contribution in [2.24, 2.45) is 0 Å². The lowest BCUT2D eigenvalue weighted by Crippen LogP contribution is -2.34. The minimum Gasteiger partial charge on any atom is -0.481 e. The van der Waals surface area contributed by atoms with Gasteiger partial charge in [-0.15, -0.1) is 0 Å². The van der Waals surface area contributed by atoms with Gasteiger partial charge in [0, 0.05) is 39.8 Å². The molecule has 6 heteroatoms. The molecule has 106 valence electrons. The zero-order valence-corrected chi connectivity index (χ0v) is 11.3. The lowest BCUT2D eigenvalue weighted by Gasteiger charge is -2.27. The van der Waals surface area contributed by atoms with Crippen LogP contribution in [0, 0.1) is 0 Å². The van der Waals surface area contributed by atoms with Crippen molar-refractivity contribution in [3.63, 3.8) is 0 Å². The van der Waals surface area contributed by atoms with Crippen molar-refractivity contribution < 1.29 is 14.6 Å². The molecule has 19 heavy (non-hydrogen) atoms. The van der Waals surface area contributed by atoms with Gasteiger partial charge in [0.25, 0.3) is 0 Å². The number of carbonyl (C=O) groups is 1. The van der Waals surface area contributed by atoms with Gasteiger partial charge in [-0.05, 0) is 12.5 Å². The molecule has 0 saturated carbocycles. The average Bonchev–Trinajstić information content (AvgIpc) is 2.79. The molecule has 1 aromatic rings. The summed E-state index contributed by atoms with van der Waals surface area (Å²) in [5.74, 6) is -0.771. The molecule has 0 radical (unpaired) electrons. The third-order valence-electron chi connectivity index (χ3n) is 3.35. The van der Waals surface area contributed by atoms with E-state index in [1.165, 1.54) is 5.69 Å². The van der Waals surface area contributed by atoms with Gasteiger partial charge in [0.15, 0.2) is 0 Å². The van der Waals surface area contributed by atoms with E-state index in [4.69, 9.17) is 9.84 Å². The molecule has 2 rings (SSSR count). The highest BCUT2D eigenvalue weighted by atomic mass is 16.5. The van der Waals surface area contributed by atoms with Gasteiger partial charge in [-0.3, -0.25) is 14.4 Å². The van der Waals surface area contributed by atoms with Crippen LogP contribution in [0.15, 0.2) is 6.07 Å². The normalized spacial score (nSPS) is 15.4. The zero-order valence-electron chi connectivity index (χ0n) is 11.3. The summed E-state index contributed by atoms with van der Waals surface area (Å²) < 4.78 is 7.06. The zero-order chi connectivity index (χ0) is 13.7. The molecule has 1 N–H and O–H groups in total. The number of nitrogens with zero attached hydrogens (tertiary/aromatic N) is 3. The van der Waals surface area contributed by atoms with Crippen LogP contribution in [0.25, 0.3) is 0 Å². The summed E-state index contributed by atoms with van der Waals surface area (Å²) in [4.78, 5) is 12.9. The lowest BCUT2D eigenvalue weighted by molar-refractivity contribution is -0.136. The van der Waals surface area contributed by atoms with Crippen LogP contribution in [0.4, 0.5) is 0 Å². The number of hydrogen-bond acceptors (Lipinski definition) is 4. The van der Waals surface area contributed by atoms with Crippen LogP contribution in [-0.4, -0.2) is 52.6 Å². The molecule has 0 saturated heterocycles. The smallest absolute Gasteiger partial charge is 0.303 e. The van der Waals surface area contributed by atoms with E-state index in [1.54, 1.807) is 7.11 Å². The quantitative estimate of drug-likeness (QED) is 0.738. The van der Waals surface area contributed by atoms with Crippen LogP contribution < -0.4 is 0 Å². The van der Waals surface area contributed by atoms with Crippen LogP contribution in [0.2, 0.25) is 0 Å². The van der Waals surface area contributed by atoms with Gasteiger partial charge in [-0.2, -0.15) is 5.10 Å². The first-order valence-electron chi connectivity index (χ1n) is 6.67. The number of rotatable bonds is 7. The second kappa shape index (κ2) is 6.68. The Morgan fingerprint density at radius 1 is 1.53 bits per heavy atom. The van der Waals surface area contributed by atoms with Crippen molar-refractivity contribution in [1.29, 1.82) is 0 Å². The van der Waals surface area contributed by atoms with Crippen LogP contribution in [-0.2, 0) is 29.0 Å². The second-order valence-electron chi connectivity index (χ2n) is 4.87. The van der Waals surface area contributed by atoms with E-state index >= 15 is 0 Å². The van der Waals surface area contributed by atoms with Crippen LogP contribution in [0.5, 0.6) is 0 Å². The van der Waals surface area contributed by atoms with E-state index in [2.05, 4.69) is 10.00 Å². The Bertz CT molecular complexity index is 431. The number of aryl methyl sites for hydroxylation is 1. The summed E-state index contributed by atoms with van der Waals surface area (Å²) >= 11 is 0. The van der Waals surface area contributed by atoms with E-state index < -0.39 is 5.97 Å². The Morgan fingerprint density at radius 2 is 2.37 bits per heavy atom. The van der Waals surface area contributed by atoms with Crippen molar-refractivity contribution in [2.75, 3.05) is 26.8 Å². The number of aromatic nitrogens is 2. The van der Waals surface area contributed by atoms with E-state index in [9.17, 15) is 4.79 Å². The molecule has 0 aliphatic carbocycles. The van der Waals surface area contributed by atoms with Crippen molar-refractivity contribution in [3.05, 3.63) is 17.5 Å². The fraction of sp³-hybridized carbons (Fsp3) is 0.692. The van der Waals surface area contributed by atoms with Gasteiger partial charge in [0.05, 0.1) is 24.4 Å². The predicted octanol–water partition coefficient (Wildman–Crippen LogP) is 0.752. The van der Waals surface area contributed by atoms with Crippen LogP contribution in [0.1, 0.15) is 24.2 Å². The Balaban J connectivity index is 1.87. The largest absolute Gasteiger partial charge is 0.481 e. The number of carboxylic acid groups (broad SMARTS) is 1. The van der Waals surface area contributed by atoms with Gasteiger partial charge in [0.2, 0.25) is 0 Å². The molecule has 1 aromatic heterocycles. The Hall–Kier alpha value is -1.40. The molecule has 0 amide bonds. The van der Waals surface area contributed by atoms with Gasteiger partial charge in [0.1, 0.15) is 0 Å². The fourth-order valence-electron chi connectivity index (χ4n) is 2.36. The minimum atomic E-state index is -0.771. The van der Waals surface area contributed by atoms with Crippen molar-refractivity contribution in [3.8, 4) is 0 Å². The number of hydrogen-bond donors (Lipinski definition) is 1. The standard InChI is InChI=1S/C13H21N3O3/c1-19-8-2-5-15-6-7-16-12(10-15)9-11(14-16)3-4-13(17)18/h9H,2-8,10H2,1H3,(H,17,18). The van der Waals surface area contributed by atoms with E-state index in [1.807, 2.05) is 10.7 Å². The number of aliphatic carboxylic acids is 1. The monoisotopic (exact) mass is 267 g/mol. The van der Waals surface area contributed by atoms with Gasteiger partial charge in [-0.25, -0.2) is 0 Å². The highest BCUT2D eigenvalue weighted by Crippen LogP contribution is 2.14. The molecular weight excluding hydrogens is 246 g/mol. The molecule has 0 atom stereocenters. The van der Waals surface area contributed by atoms with Crippen molar-refractivity contribution >= 4 is 5.97 Å². The first-order chi connectivity index (χ1) is 9.19. The second-order valence-corrected chi connectivity index (χ2v) is 4.87. The molecule has 0 aromatic carbocycles. The highest BCUT2D eigenvalue weighted by molar-refractivity contribution is 5.66. The number of carboxylic acids is 1. The summed E-state index contributed by atoms with van der Waals surface area (Å²) in [5.41, 5.74) is 2.07. The summed E-state index contributed by atoms with van der Waals surface area (Å²) in [6, 6.07) is 2.03. The first-order valence-corrected chi connectivity index (χ1v) is 6.67. The third-order valence-corrected chi connectivity index (χ3v) is 3.35. The molecule has 1 aliphatic rings.